The molecule has 0 aliphatic rings. The average molecular weight is 209 g/mol. The van der Waals surface area contributed by atoms with E-state index in [1.807, 2.05) is 13.0 Å². The lowest BCUT2D eigenvalue weighted by Gasteiger charge is -2.08. The Morgan fingerprint density at radius 2 is 2.33 bits per heavy atom. The summed E-state index contributed by atoms with van der Waals surface area (Å²) < 4.78 is 0. The third kappa shape index (κ3) is 4.16. The van der Waals surface area contributed by atoms with Crippen molar-refractivity contribution in [2.24, 2.45) is 0 Å². The molecule has 15 heavy (non-hydrogen) atoms. The third-order valence-electron chi connectivity index (χ3n) is 2.25. The molecule has 0 radical (unpaired) electrons. The van der Waals surface area contributed by atoms with Crippen molar-refractivity contribution in [3.05, 3.63) is 17.8 Å². The van der Waals surface area contributed by atoms with Crippen LogP contribution in [-0.4, -0.2) is 22.7 Å². The van der Waals surface area contributed by atoms with Crippen molar-refractivity contribution < 1.29 is 5.11 Å². The molecule has 0 saturated carbocycles. The van der Waals surface area contributed by atoms with E-state index < -0.39 is 0 Å². The molecular formula is C11H19N3O. The summed E-state index contributed by atoms with van der Waals surface area (Å²) in [7, 11) is 0. The zero-order valence-corrected chi connectivity index (χ0v) is 9.33. The van der Waals surface area contributed by atoms with E-state index in [-0.39, 0.29) is 6.10 Å². The molecule has 0 saturated heterocycles. The first-order chi connectivity index (χ1) is 7.09. The van der Waals surface area contributed by atoms with Gasteiger partial charge in [-0.1, -0.05) is 0 Å². The van der Waals surface area contributed by atoms with Gasteiger partial charge in [0.2, 0.25) is 0 Å². The number of aliphatic hydroxyl groups excluding tert-OH is 1. The number of aryl methyl sites for hydroxylation is 1. The molecule has 84 valence electrons. The Balaban J connectivity index is 2.35. The molecule has 0 aromatic carbocycles. The van der Waals surface area contributed by atoms with Crippen LogP contribution >= 0.6 is 0 Å². The summed E-state index contributed by atoms with van der Waals surface area (Å²) in [6.45, 7) is 4.53. The minimum atomic E-state index is -0.233. The molecule has 0 spiro atoms. The fourth-order valence-corrected chi connectivity index (χ4v) is 1.25. The molecule has 4 N–H and O–H groups in total. The van der Waals surface area contributed by atoms with Crippen molar-refractivity contribution in [1.29, 1.82) is 0 Å². The lowest BCUT2D eigenvalue weighted by atomic mass is 10.2. The number of nitrogens with two attached hydrogens (primary N) is 1. The molecule has 0 aliphatic heterocycles. The van der Waals surface area contributed by atoms with Crippen molar-refractivity contribution in [2.75, 3.05) is 17.6 Å². The molecule has 4 nitrogen and oxygen atoms in total. The minimum Gasteiger partial charge on any atom is -0.398 e. The van der Waals surface area contributed by atoms with Crippen molar-refractivity contribution in [3.8, 4) is 0 Å². The quantitative estimate of drug-likeness (QED) is 0.643. The highest BCUT2D eigenvalue weighted by Gasteiger charge is 1.98. The topological polar surface area (TPSA) is 71.2 Å². The maximum absolute atomic E-state index is 9.07. The number of nitrogens with zero attached hydrogens (tertiary/aromatic N) is 1. The van der Waals surface area contributed by atoms with Crippen LogP contribution in [0, 0.1) is 6.92 Å². The summed E-state index contributed by atoms with van der Waals surface area (Å²) in [6.07, 6.45) is 3.25. The predicted molar refractivity (Wildman–Crippen MR) is 62.8 cm³/mol. The molecule has 1 heterocycles. The van der Waals surface area contributed by atoms with E-state index in [1.165, 1.54) is 0 Å². The fraction of sp³-hybridized carbons (Fsp3) is 0.545. The Hall–Kier alpha value is -1.29. The van der Waals surface area contributed by atoms with Gasteiger partial charge < -0.3 is 16.2 Å². The second-order valence-corrected chi connectivity index (χ2v) is 3.84. The number of aliphatic hydroxyl groups is 1. The summed E-state index contributed by atoms with van der Waals surface area (Å²) in [6, 6.07) is 1.83. The number of hydrogen-bond donors (Lipinski definition) is 3. The van der Waals surface area contributed by atoms with Gasteiger partial charge in [-0.3, -0.25) is 0 Å². The average Bonchev–Trinajstić information content (AvgIpc) is 2.18. The van der Waals surface area contributed by atoms with Gasteiger partial charge in [0.25, 0.3) is 0 Å². The van der Waals surface area contributed by atoms with E-state index >= 15 is 0 Å². The van der Waals surface area contributed by atoms with Gasteiger partial charge in [-0.2, -0.15) is 0 Å². The zero-order valence-electron chi connectivity index (χ0n) is 9.33. The molecular weight excluding hydrogens is 190 g/mol. The van der Waals surface area contributed by atoms with Gasteiger partial charge in [0.1, 0.15) is 5.82 Å². The van der Waals surface area contributed by atoms with E-state index in [9.17, 15) is 0 Å². The molecule has 0 aliphatic carbocycles. The van der Waals surface area contributed by atoms with Gasteiger partial charge >= 0.3 is 0 Å². The van der Waals surface area contributed by atoms with Crippen LogP contribution in [0.1, 0.15) is 25.3 Å². The van der Waals surface area contributed by atoms with Gasteiger partial charge in [-0.25, -0.2) is 4.98 Å². The SMILES string of the molecule is Cc1cnc(NCCCC(C)O)cc1N. The van der Waals surface area contributed by atoms with Gasteiger partial charge in [0, 0.05) is 24.5 Å². The second kappa shape index (κ2) is 5.56. The summed E-state index contributed by atoms with van der Waals surface area (Å²) in [4.78, 5) is 4.20. The first-order valence-electron chi connectivity index (χ1n) is 5.23. The Labute approximate surface area is 90.5 Å². The van der Waals surface area contributed by atoms with Crippen molar-refractivity contribution in [2.45, 2.75) is 32.8 Å². The maximum atomic E-state index is 9.07. The lowest BCUT2D eigenvalue weighted by Crippen LogP contribution is -2.08. The Morgan fingerprint density at radius 3 is 2.93 bits per heavy atom. The fourth-order valence-electron chi connectivity index (χ4n) is 1.25. The highest BCUT2D eigenvalue weighted by atomic mass is 16.3. The molecule has 1 unspecified atom stereocenters. The van der Waals surface area contributed by atoms with Crippen LogP contribution in [0.3, 0.4) is 0 Å². The Morgan fingerprint density at radius 1 is 1.60 bits per heavy atom. The minimum absolute atomic E-state index is 0.233. The van der Waals surface area contributed by atoms with Gasteiger partial charge in [0.15, 0.2) is 0 Å². The molecule has 1 rings (SSSR count). The number of pyridine rings is 1. The number of nitrogen functional groups attached to an aromatic ring is 1. The molecule has 0 amide bonds. The molecule has 0 bridgehead atoms. The highest BCUT2D eigenvalue weighted by Crippen LogP contribution is 2.13. The van der Waals surface area contributed by atoms with E-state index in [4.69, 9.17) is 10.8 Å². The molecule has 4 heteroatoms. The zero-order chi connectivity index (χ0) is 11.3. The number of anilines is 2. The third-order valence-corrected chi connectivity index (χ3v) is 2.25. The number of aromatic nitrogens is 1. The first kappa shape index (κ1) is 11.8. The summed E-state index contributed by atoms with van der Waals surface area (Å²) in [5.74, 6) is 0.795. The van der Waals surface area contributed by atoms with Crippen LogP contribution in [0.25, 0.3) is 0 Å². The van der Waals surface area contributed by atoms with Crippen LogP contribution in [0.15, 0.2) is 12.3 Å². The largest absolute Gasteiger partial charge is 0.398 e. The number of hydrogen-bond acceptors (Lipinski definition) is 4. The molecule has 1 aromatic rings. The monoisotopic (exact) mass is 209 g/mol. The summed E-state index contributed by atoms with van der Waals surface area (Å²) in [5.41, 5.74) is 7.50. The van der Waals surface area contributed by atoms with E-state index in [0.717, 1.165) is 36.5 Å². The molecule has 0 fully saturated rings. The normalized spacial score (nSPS) is 12.5. The first-order valence-corrected chi connectivity index (χ1v) is 5.23. The van der Waals surface area contributed by atoms with Crippen molar-refractivity contribution >= 4 is 11.5 Å². The van der Waals surface area contributed by atoms with Crippen LogP contribution in [0.5, 0.6) is 0 Å². The molecule has 1 aromatic heterocycles. The van der Waals surface area contributed by atoms with E-state index in [2.05, 4.69) is 10.3 Å². The Kier molecular flexibility index (Phi) is 4.37. The van der Waals surface area contributed by atoms with Gasteiger partial charge in [0.05, 0.1) is 6.10 Å². The van der Waals surface area contributed by atoms with Crippen molar-refractivity contribution in [3.63, 3.8) is 0 Å². The standard InChI is InChI=1S/C11H19N3O/c1-8-7-14-11(6-10(8)12)13-5-3-4-9(2)15/h6-7,9,15H,3-5H2,1-2H3,(H3,12,13,14). The number of rotatable bonds is 5. The van der Waals surface area contributed by atoms with Crippen LogP contribution in [-0.2, 0) is 0 Å². The smallest absolute Gasteiger partial charge is 0.127 e. The lowest BCUT2D eigenvalue weighted by molar-refractivity contribution is 0.183. The summed E-state index contributed by atoms with van der Waals surface area (Å²) in [5, 5.41) is 12.2. The van der Waals surface area contributed by atoms with Crippen LogP contribution in [0.4, 0.5) is 11.5 Å². The highest BCUT2D eigenvalue weighted by molar-refractivity contribution is 5.53. The van der Waals surface area contributed by atoms with Crippen molar-refractivity contribution in [1.82, 2.24) is 4.98 Å². The van der Waals surface area contributed by atoms with Gasteiger partial charge in [-0.05, 0) is 32.3 Å². The maximum Gasteiger partial charge on any atom is 0.127 e. The summed E-state index contributed by atoms with van der Waals surface area (Å²) >= 11 is 0. The van der Waals surface area contributed by atoms with E-state index in [1.54, 1.807) is 13.1 Å². The second-order valence-electron chi connectivity index (χ2n) is 3.84. The van der Waals surface area contributed by atoms with Crippen LogP contribution < -0.4 is 11.1 Å². The predicted octanol–water partition coefficient (Wildman–Crippen LogP) is 1.55. The molecule has 1 atom stereocenters. The Bertz CT molecular complexity index is 313. The van der Waals surface area contributed by atoms with E-state index in [0.29, 0.717) is 0 Å². The number of nitrogens with one attached hydrogen (secondary N) is 1. The van der Waals surface area contributed by atoms with Crippen LogP contribution in [0.2, 0.25) is 0 Å². The van der Waals surface area contributed by atoms with Gasteiger partial charge in [-0.15, -0.1) is 0 Å².